The minimum Gasteiger partial charge on any atom is -0.334 e. The van der Waals surface area contributed by atoms with Crippen LogP contribution in [0.4, 0.5) is 10.1 Å². The quantitative estimate of drug-likeness (QED) is 0.550. The molecular formula is C22H16FN3O2. The highest BCUT2D eigenvalue weighted by molar-refractivity contribution is 6.06. The molecule has 0 saturated carbocycles. The van der Waals surface area contributed by atoms with Gasteiger partial charge in [-0.1, -0.05) is 59.8 Å². The van der Waals surface area contributed by atoms with Crippen LogP contribution in [0.5, 0.6) is 0 Å². The van der Waals surface area contributed by atoms with Crippen molar-refractivity contribution in [3.63, 3.8) is 0 Å². The van der Waals surface area contributed by atoms with Crippen molar-refractivity contribution in [2.24, 2.45) is 0 Å². The van der Waals surface area contributed by atoms with Gasteiger partial charge in [0.15, 0.2) is 5.82 Å². The van der Waals surface area contributed by atoms with Gasteiger partial charge in [-0.05, 0) is 29.8 Å². The highest BCUT2D eigenvalue weighted by atomic mass is 19.1. The molecular weight excluding hydrogens is 357 g/mol. The fourth-order valence-corrected chi connectivity index (χ4v) is 2.83. The molecule has 0 saturated heterocycles. The lowest BCUT2D eigenvalue weighted by Gasteiger charge is -2.09. The van der Waals surface area contributed by atoms with Gasteiger partial charge in [-0.15, -0.1) is 0 Å². The predicted molar refractivity (Wildman–Crippen MR) is 103 cm³/mol. The van der Waals surface area contributed by atoms with Crippen LogP contribution in [0.25, 0.3) is 11.5 Å². The van der Waals surface area contributed by atoms with Crippen molar-refractivity contribution in [3.05, 3.63) is 102 Å². The first kappa shape index (κ1) is 17.6. The highest BCUT2D eigenvalue weighted by Crippen LogP contribution is 2.27. The number of carbonyl (C=O) groups is 1. The summed E-state index contributed by atoms with van der Waals surface area (Å²) in [6, 6.07) is 22.7. The van der Waals surface area contributed by atoms with Gasteiger partial charge in [0.05, 0.1) is 16.8 Å². The van der Waals surface area contributed by atoms with E-state index in [0.29, 0.717) is 23.5 Å². The fourth-order valence-electron chi connectivity index (χ4n) is 2.83. The monoisotopic (exact) mass is 373 g/mol. The summed E-state index contributed by atoms with van der Waals surface area (Å²) in [6.07, 6.45) is 0.536. The Bertz CT molecular complexity index is 1110. The van der Waals surface area contributed by atoms with Crippen molar-refractivity contribution in [1.82, 2.24) is 10.1 Å². The van der Waals surface area contributed by atoms with Crippen LogP contribution in [0.3, 0.4) is 0 Å². The van der Waals surface area contributed by atoms with E-state index < -0.39 is 11.7 Å². The average molecular weight is 373 g/mol. The number of benzene rings is 3. The fraction of sp³-hybridized carbons (Fsp3) is 0.0455. The SMILES string of the molecule is O=C(Nc1ccccc1-c1nc(Cc2ccccc2)no1)c1ccccc1F. The van der Waals surface area contributed by atoms with Gasteiger partial charge in [-0.3, -0.25) is 4.79 Å². The molecule has 1 heterocycles. The van der Waals surface area contributed by atoms with Gasteiger partial charge in [-0.25, -0.2) is 4.39 Å². The zero-order valence-electron chi connectivity index (χ0n) is 14.8. The average Bonchev–Trinajstić information content (AvgIpc) is 3.17. The molecule has 0 bridgehead atoms. The van der Waals surface area contributed by atoms with Gasteiger partial charge < -0.3 is 9.84 Å². The van der Waals surface area contributed by atoms with E-state index in [1.54, 1.807) is 30.3 Å². The van der Waals surface area contributed by atoms with Crippen LogP contribution < -0.4 is 5.32 Å². The molecule has 28 heavy (non-hydrogen) atoms. The maximum Gasteiger partial charge on any atom is 0.260 e. The highest BCUT2D eigenvalue weighted by Gasteiger charge is 2.17. The van der Waals surface area contributed by atoms with Crippen LogP contribution in [-0.2, 0) is 6.42 Å². The summed E-state index contributed by atoms with van der Waals surface area (Å²) in [7, 11) is 0. The van der Waals surface area contributed by atoms with Gasteiger partial charge in [-0.2, -0.15) is 4.98 Å². The third-order valence-corrected chi connectivity index (χ3v) is 4.20. The number of anilines is 1. The van der Waals surface area contributed by atoms with Crippen LogP contribution in [-0.4, -0.2) is 16.0 Å². The normalized spacial score (nSPS) is 10.6. The summed E-state index contributed by atoms with van der Waals surface area (Å²) in [6.45, 7) is 0. The van der Waals surface area contributed by atoms with Crippen molar-refractivity contribution >= 4 is 11.6 Å². The van der Waals surface area contributed by atoms with E-state index in [1.807, 2.05) is 30.3 Å². The molecule has 1 amide bonds. The molecule has 0 aliphatic carbocycles. The number of hydrogen-bond donors (Lipinski definition) is 1. The maximum atomic E-state index is 13.9. The van der Waals surface area contributed by atoms with Crippen molar-refractivity contribution in [2.75, 3.05) is 5.32 Å². The minimum atomic E-state index is -0.583. The molecule has 5 nitrogen and oxygen atoms in total. The van der Waals surface area contributed by atoms with E-state index in [0.717, 1.165) is 5.56 Å². The van der Waals surface area contributed by atoms with Crippen molar-refractivity contribution in [2.45, 2.75) is 6.42 Å². The smallest absolute Gasteiger partial charge is 0.260 e. The molecule has 0 radical (unpaired) electrons. The first-order valence-electron chi connectivity index (χ1n) is 8.72. The lowest BCUT2D eigenvalue weighted by molar-refractivity contribution is 0.102. The zero-order chi connectivity index (χ0) is 19.3. The Morgan fingerprint density at radius 3 is 2.46 bits per heavy atom. The van der Waals surface area contributed by atoms with E-state index in [2.05, 4.69) is 15.5 Å². The first-order valence-corrected chi connectivity index (χ1v) is 8.72. The van der Waals surface area contributed by atoms with E-state index in [1.165, 1.54) is 18.2 Å². The topological polar surface area (TPSA) is 68.0 Å². The maximum absolute atomic E-state index is 13.9. The van der Waals surface area contributed by atoms with Gasteiger partial charge in [0.2, 0.25) is 0 Å². The second-order valence-electron chi connectivity index (χ2n) is 6.16. The number of nitrogens with one attached hydrogen (secondary N) is 1. The summed E-state index contributed by atoms with van der Waals surface area (Å²) >= 11 is 0. The number of aromatic nitrogens is 2. The Kier molecular flexibility index (Phi) is 4.93. The number of amides is 1. The van der Waals surface area contributed by atoms with Crippen molar-refractivity contribution in [3.8, 4) is 11.5 Å². The number of rotatable bonds is 5. The Labute approximate surface area is 160 Å². The summed E-state index contributed by atoms with van der Waals surface area (Å²) < 4.78 is 19.3. The number of carbonyl (C=O) groups excluding carboxylic acids is 1. The standard InChI is InChI=1S/C22H16FN3O2/c23-18-12-6-4-10-16(18)21(27)24-19-13-7-5-11-17(19)22-25-20(26-28-22)14-15-8-2-1-3-9-15/h1-13H,14H2,(H,24,27). The molecule has 0 aliphatic heterocycles. The number of halogens is 1. The largest absolute Gasteiger partial charge is 0.334 e. The Balaban J connectivity index is 1.58. The third kappa shape index (κ3) is 3.81. The van der Waals surface area contributed by atoms with Crippen LogP contribution in [0, 0.1) is 5.82 Å². The van der Waals surface area contributed by atoms with Gasteiger partial charge in [0, 0.05) is 6.42 Å². The van der Waals surface area contributed by atoms with Crippen LogP contribution in [0.2, 0.25) is 0 Å². The van der Waals surface area contributed by atoms with E-state index in [9.17, 15) is 9.18 Å². The van der Waals surface area contributed by atoms with E-state index in [-0.39, 0.29) is 11.5 Å². The number of para-hydroxylation sites is 1. The van der Waals surface area contributed by atoms with E-state index in [4.69, 9.17) is 4.52 Å². The number of hydrogen-bond acceptors (Lipinski definition) is 4. The van der Waals surface area contributed by atoms with Gasteiger partial charge in [0.1, 0.15) is 5.82 Å². The first-order chi connectivity index (χ1) is 13.7. The lowest BCUT2D eigenvalue weighted by Crippen LogP contribution is -2.14. The van der Waals surface area contributed by atoms with Crippen molar-refractivity contribution in [1.29, 1.82) is 0 Å². The molecule has 0 atom stereocenters. The molecule has 4 aromatic rings. The summed E-state index contributed by atoms with van der Waals surface area (Å²) in [5.74, 6) is -0.304. The van der Waals surface area contributed by atoms with Crippen molar-refractivity contribution < 1.29 is 13.7 Å². The van der Waals surface area contributed by atoms with Gasteiger partial charge in [0.25, 0.3) is 11.8 Å². The van der Waals surface area contributed by atoms with Crippen LogP contribution in [0.1, 0.15) is 21.7 Å². The molecule has 138 valence electrons. The van der Waals surface area contributed by atoms with Crippen LogP contribution >= 0.6 is 0 Å². The molecule has 3 aromatic carbocycles. The Morgan fingerprint density at radius 2 is 1.64 bits per heavy atom. The predicted octanol–water partition coefficient (Wildman–Crippen LogP) is 4.72. The molecule has 6 heteroatoms. The Hall–Kier alpha value is -3.80. The molecule has 0 unspecified atom stereocenters. The van der Waals surface area contributed by atoms with Gasteiger partial charge >= 0.3 is 0 Å². The molecule has 0 spiro atoms. The second-order valence-corrected chi connectivity index (χ2v) is 6.16. The molecule has 0 fully saturated rings. The third-order valence-electron chi connectivity index (χ3n) is 4.20. The minimum absolute atomic E-state index is 0.0346. The van der Waals surface area contributed by atoms with Crippen LogP contribution in [0.15, 0.2) is 83.4 Å². The van der Waals surface area contributed by atoms with E-state index >= 15 is 0 Å². The molecule has 1 N–H and O–H groups in total. The number of nitrogens with zero attached hydrogens (tertiary/aromatic N) is 2. The Morgan fingerprint density at radius 1 is 0.929 bits per heavy atom. The second kappa shape index (κ2) is 7.84. The molecule has 0 aliphatic rings. The summed E-state index contributed by atoms with van der Waals surface area (Å²) in [5.41, 5.74) is 2.06. The molecule has 1 aromatic heterocycles. The lowest BCUT2D eigenvalue weighted by atomic mass is 10.1. The summed E-state index contributed by atoms with van der Waals surface area (Å²) in [5, 5.41) is 6.74. The zero-order valence-corrected chi connectivity index (χ0v) is 14.8. The molecule has 4 rings (SSSR count). The summed E-state index contributed by atoms with van der Waals surface area (Å²) in [4.78, 5) is 16.9.